The van der Waals surface area contributed by atoms with Gasteiger partial charge in [-0.2, -0.15) is 10.1 Å². The number of benzene rings is 2. The Balaban J connectivity index is 1.46. The van der Waals surface area contributed by atoms with Crippen molar-refractivity contribution >= 4 is 45.9 Å². The average molecular weight is 460 g/mol. The van der Waals surface area contributed by atoms with Crippen LogP contribution in [0.25, 0.3) is 10.9 Å². The molecule has 4 aromatic rings. The van der Waals surface area contributed by atoms with E-state index in [4.69, 9.17) is 5.21 Å². The lowest BCUT2D eigenvalue weighted by atomic mass is 10.2. The smallest absolute Gasteiger partial charge is 0.262 e. The van der Waals surface area contributed by atoms with Gasteiger partial charge in [0.05, 0.1) is 12.1 Å². The predicted molar refractivity (Wildman–Crippen MR) is 128 cm³/mol. The maximum Gasteiger partial charge on any atom is 0.262 e. The number of hydrogen-bond acceptors (Lipinski definition) is 8. The molecule has 0 aliphatic carbocycles. The predicted octanol–water partition coefficient (Wildman–Crippen LogP) is 2.42. The van der Waals surface area contributed by atoms with Gasteiger partial charge in [0, 0.05) is 48.3 Å². The monoisotopic (exact) mass is 460 g/mol. The molecule has 0 atom stereocenters. The Kier molecular flexibility index (Phi) is 6.37. The number of carbonyl (C=O) groups excluding carboxylic acids is 2. The number of anilines is 4. The molecule has 0 spiro atoms. The molecule has 4 N–H and O–H groups in total. The standard InChI is InChI=1S/C23H24N8O3/c1-14-18-9-8-17(12-19(18)28-31(14)3)30(2)20-10-11-24-23(27-20)26-16-6-4-15(5-7-16)22(33)25-13-21(32)29-34/h4-12,34H,13H2,1-3H3,(H,25,33)(H,29,32)(H,24,26,27). The second-order valence-corrected chi connectivity index (χ2v) is 7.63. The van der Waals surface area contributed by atoms with Gasteiger partial charge in [0.25, 0.3) is 11.8 Å². The van der Waals surface area contributed by atoms with E-state index in [1.165, 1.54) is 5.48 Å². The second-order valence-electron chi connectivity index (χ2n) is 7.63. The van der Waals surface area contributed by atoms with E-state index in [-0.39, 0.29) is 6.54 Å². The van der Waals surface area contributed by atoms with E-state index in [1.54, 1.807) is 30.5 Å². The van der Waals surface area contributed by atoms with E-state index in [9.17, 15) is 9.59 Å². The van der Waals surface area contributed by atoms with Gasteiger partial charge in [-0.3, -0.25) is 19.5 Å². The van der Waals surface area contributed by atoms with Crippen molar-refractivity contribution in [1.29, 1.82) is 0 Å². The lowest BCUT2D eigenvalue weighted by molar-refractivity contribution is -0.128. The second kappa shape index (κ2) is 9.55. The summed E-state index contributed by atoms with van der Waals surface area (Å²) >= 11 is 0. The summed E-state index contributed by atoms with van der Waals surface area (Å²) in [5.74, 6) is -0.0441. The highest BCUT2D eigenvalue weighted by molar-refractivity contribution is 5.96. The number of aromatic nitrogens is 4. The minimum Gasteiger partial charge on any atom is -0.343 e. The van der Waals surface area contributed by atoms with E-state index in [1.807, 2.05) is 48.8 Å². The molecule has 2 aromatic heterocycles. The van der Waals surface area contributed by atoms with Crippen LogP contribution < -0.4 is 21.0 Å². The van der Waals surface area contributed by atoms with Crippen molar-refractivity contribution in [1.82, 2.24) is 30.5 Å². The van der Waals surface area contributed by atoms with Crippen molar-refractivity contribution in [2.24, 2.45) is 7.05 Å². The Morgan fingerprint density at radius 1 is 1.12 bits per heavy atom. The Morgan fingerprint density at radius 2 is 1.88 bits per heavy atom. The van der Waals surface area contributed by atoms with Crippen molar-refractivity contribution in [3.05, 3.63) is 66.0 Å². The minimum atomic E-state index is -0.705. The van der Waals surface area contributed by atoms with Crippen molar-refractivity contribution in [2.45, 2.75) is 6.92 Å². The summed E-state index contributed by atoms with van der Waals surface area (Å²) in [4.78, 5) is 33.9. The van der Waals surface area contributed by atoms with Crippen LogP contribution in [0.1, 0.15) is 16.1 Å². The van der Waals surface area contributed by atoms with Crippen LogP contribution in [0.2, 0.25) is 0 Å². The van der Waals surface area contributed by atoms with Gasteiger partial charge in [-0.15, -0.1) is 0 Å². The first-order valence-corrected chi connectivity index (χ1v) is 10.4. The quantitative estimate of drug-likeness (QED) is 0.244. The highest BCUT2D eigenvalue weighted by Gasteiger charge is 2.12. The largest absolute Gasteiger partial charge is 0.343 e. The number of aryl methyl sites for hydroxylation is 2. The molecule has 0 saturated heterocycles. The van der Waals surface area contributed by atoms with Crippen LogP contribution >= 0.6 is 0 Å². The molecule has 0 aliphatic heterocycles. The molecular weight excluding hydrogens is 436 g/mol. The molecule has 174 valence electrons. The zero-order chi connectivity index (χ0) is 24.2. The third kappa shape index (κ3) is 4.79. The van der Waals surface area contributed by atoms with Crippen LogP contribution in [-0.2, 0) is 11.8 Å². The SMILES string of the molecule is Cc1c2ccc(N(C)c3ccnc(Nc4ccc(C(=O)NCC(=O)NO)cc4)n3)cc2nn1C. The molecule has 11 nitrogen and oxygen atoms in total. The van der Waals surface area contributed by atoms with Crippen molar-refractivity contribution < 1.29 is 14.8 Å². The number of nitrogens with one attached hydrogen (secondary N) is 3. The van der Waals surface area contributed by atoms with Gasteiger partial charge in [0.15, 0.2) is 0 Å². The van der Waals surface area contributed by atoms with E-state index < -0.39 is 11.8 Å². The summed E-state index contributed by atoms with van der Waals surface area (Å²) in [6.45, 7) is 1.71. The van der Waals surface area contributed by atoms with Gasteiger partial charge in [-0.05, 0) is 55.5 Å². The molecule has 11 heteroatoms. The molecule has 0 unspecified atom stereocenters. The fraction of sp³-hybridized carbons (Fsp3) is 0.174. The van der Waals surface area contributed by atoms with Gasteiger partial charge < -0.3 is 15.5 Å². The van der Waals surface area contributed by atoms with Gasteiger partial charge >= 0.3 is 0 Å². The summed E-state index contributed by atoms with van der Waals surface area (Å²) in [6, 6.07) is 14.5. The van der Waals surface area contributed by atoms with Crippen LogP contribution in [0.3, 0.4) is 0 Å². The van der Waals surface area contributed by atoms with Crippen LogP contribution in [0.15, 0.2) is 54.7 Å². The normalized spacial score (nSPS) is 10.7. The average Bonchev–Trinajstić information content (AvgIpc) is 3.15. The first kappa shape index (κ1) is 22.7. The molecule has 0 aliphatic rings. The topological polar surface area (TPSA) is 137 Å². The van der Waals surface area contributed by atoms with E-state index in [0.717, 1.165) is 22.3 Å². The summed E-state index contributed by atoms with van der Waals surface area (Å²) in [5.41, 5.74) is 5.48. The highest BCUT2D eigenvalue weighted by Crippen LogP contribution is 2.27. The summed E-state index contributed by atoms with van der Waals surface area (Å²) in [6.07, 6.45) is 1.67. The number of hydroxylamine groups is 1. The Bertz CT molecular complexity index is 1350. The van der Waals surface area contributed by atoms with Crippen LogP contribution in [-0.4, -0.2) is 50.4 Å². The molecule has 0 fully saturated rings. The van der Waals surface area contributed by atoms with Gasteiger partial charge in [0.2, 0.25) is 5.95 Å². The fourth-order valence-corrected chi connectivity index (χ4v) is 3.39. The van der Waals surface area contributed by atoms with Crippen molar-refractivity contribution in [3.8, 4) is 0 Å². The maximum absolute atomic E-state index is 12.1. The highest BCUT2D eigenvalue weighted by atomic mass is 16.5. The molecule has 0 bridgehead atoms. The third-order valence-electron chi connectivity index (χ3n) is 5.42. The Hall–Kier alpha value is -4.51. The van der Waals surface area contributed by atoms with Gasteiger partial charge in [-0.1, -0.05) is 0 Å². The first-order chi connectivity index (χ1) is 16.4. The summed E-state index contributed by atoms with van der Waals surface area (Å²) in [7, 11) is 3.85. The molecule has 0 saturated carbocycles. The van der Waals surface area contributed by atoms with E-state index in [2.05, 4.69) is 31.8 Å². The number of amides is 2. The molecule has 4 rings (SSSR count). The number of carbonyl (C=O) groups is 2. The first-order valence-electron chi connectivity index (χ1n) is 10.4. The van der Waals surface area contributed by atoms with Crippen molar-refractivity contribution in [2.75, 3.05) is 23.8 Å². The number of fused-ring (bicyclic) bond motifs is 1. The van der Waals surface area contributed by atoms with Crippen LogP contribution in [0.4, 0.5) is 23.1 Å². The Labute approximate surface area is 195 Å². The van der Waals surface area contributed by atoms with Gasteiger partial charge in [0.1, 0.15) is 5.82 Å². The lowest BCUT2D eigenvalue weighted by Crippen LogP contribution is -2.35. The molecule has 2 aromatic carbocycles. The van der Waals surface area contributed by atoms with Crippen LogP contribution in [0, 0.1) is 6.92 Å². The van der Waals surface area contributed by atoms with E-state index >= 15 is 0 Å². The van der Waals surface area contributed by atoms with E-state index in [0.29, 0.717) is 23.0 Å². The molecular formula is C23H24N8O3. The fourth-order valence-electron chi connectivity index (χ4n) is 3.39. The minimum absolute atomic E-state index is 0.323. The molecule has 34 heavy (non-hydrogen) atoms. The zero-order valence-corrected chi connectivity index (χ0v) is 18.9. The molecule has 2 amide bonds. The van der Waals surface area contributed by atoms with Crippen molar-refractivity contribution in [3.63, 3.8) is 0 Å². The summed E-state index contributed by atoms with van der Waals surface area (Å²) in [5, 5.41) is 19.7. The van der Waals surface area contributed by atoms with Crippen LogP contribution in [0.5, 0.6) is 0 Å². The number of hydrogen-bond donors (Lipinski definition) is 4. The number of nitrogens with zero attached hydrogens (tertiary/aromatic N) is 5. The third-order valence-corrected chi connectivity index (χ3v) is 5.42. The zero-order valence-electron chi connectivity index (χ0n) is 18.9. The molecule has 2 heterocycles. The lowest BCUT2D eigenvalue weighted by Gasteiger charge is -2.19. The maximum atomic E-state index is 12.1. The number of rotatable bonds is 7. The van der Waals surface area contributed by atoms with Gasteiger partial charge in [-0.25, -0.2) is 10.5 Å². The summed E-state index contributed by atoms with van der Waals surface area (Å²) < 4.78 is 1.86. The Morgan fingerprint density at radius 3 is 2.62 bits per heavy atom. The molecule has 0 radical (unpaired) electrons.